The zero-order valence-corrected chi connectivity index (χ0v) is 11.7. The first kappa shape index (κ1) is 14.2. The highest BCUT2D eigenvalue weighted by Gasteiger charge is 2.43. The van der Waals surface area contributed by atoms with E-state index >= 15 is 0 Å². The summed E-state index contributed by atoms with van der Waals surface area (Å²) in [6, 6.07) is 6.35. The topological polar surface area (TPSA) is 75.8 Å². The number of carbonyl (C=O) groups is 1. The standard InChI is InChI=1S/C14H17N3O3/c1-4-12-13(18)16(3)9-15-14(12,2)10-6-5-7-11(8-10)17(19)20/h5-9,12H,4H2,1-3H3/t12-,14+/m0/s1. The minimum absolute atomic E-state index is 0.0140. The van der Waals surface area contributed by atoms with Crippen LogP contribution in [-0.4, -0.2) is 29.1 Å². The lowest BCUT2D eigenvalue weighted by Crippen LogP contribution is -2.47. The van der Waals surface area contributed by atoms with E-state index in [1.807, 2.05) is 13.8 Å². The quantitative estimate of drug-likeness (QED) is 0.627. The molecule has 0 N–H and O–H groups in total. The highest BCUT2D eigenvalue weighted by Crippen LogP contribution is 2.39. The molecule has 1 aromatic carbocycles. The van der Waals surface area contributed by atoms with E-state index in [1.54, 1.807) is 19.2 Å². The first-order valence-corrected chi connectivity index (χ1v) is 6.47. The predicted octanol–water partition coefficient (Wildman–Crippen LogP) is 2.34. The van der Waals surface area contributed by atoms with Gasteiger partial charge in [0.05, 0.1) is 22.7 Å². The highest BCUT2D eigenvalue weighted by molar-refractivity contribution is 5.92. The molecule has 0 bridgehead atoms. The van der Waals surface area contributed by atoms with Crippen molar-refractivity contribution in [3.8, 4) is 0 Å². The molecule has 6 heteroatoms. The van der Waals surface area contributed by atoms with Crippen molar-refractivity contribution in [1.82, 2.24) is 4.90 Å². The minimum Gasteiger partial charge on any atom is -0.306 e. The van der Waals surface area contributed by atoms with Gasteiger partial charge in [-0.2, -0.15) is 0 Å². The number of nitro groups is 1. The fourth-order valence-electron chi connectivity index (χ4n) is 2.62. The van der Waals surface area contributed by atoms with Crippen LogP contribution in [0.1, 0.15) is 25.8 Å². The van der Waals surface area contributed by atoms with E-state index in [2.05, 4.69) is 4.99 Å². The van der Waals surface area contributed by atoms with Gasteiger partial charge >= 0.3 is 0 Å². The largest absolute Gasteiger partial charge is 0.306 e. The number of carbonyl (C=O) groups excluding carboxylic acids is 1. The summed E-state index contributed by atoms with van der Waals surface area (Å²) >= 11 is 0. The second-order valence-electron chi connectivity index (χ2n) is 5.11. The van der Waals surface area contributed by atoms with Crippen molar-refractivity contribution in [3.05, 3.63) is 39.9 Å². The molecule has 0 aromatic heterocycles. The van der Waals surface area contributed by atoms with Crippen molar-refractivity contribution >= 4 is 17.9 Å². The number of non-ortho nitro benzene ring substituents is 1. The molecule has 0 unspecified atom stereocenters. The summed E-state index contributed by atoms with van der Waals surface area (Å²) in [5, 5.41) is 10.9. The third-order valence-electron chi connectivity index (χ3n) is 3.87. The Morgan fingerprint density at radius 3 is 2.80 bits per heavy atom. The minimum atomic E-state index is -0.760. The number of benzene rings is 1. The molecule has 2 rings (SSSR count). The Balaban J connectivity index is 2.53. The Morgan fingerprint density at radius 2 is 2.20 bits per heavy atom. The summed E-state index contributed by atoms with van der Waals surface area (Å²) in [6.45, 7) is 3.77. The zero-order chi connectivity index (χ0) is 14.9. The van der Waals surface area contributed by atoms with Crippen LogP contribution in [0, 0.1) is 16.0 Å². The van der Waals surface area contributed by atoms with Gasteiger partial charge < -0.3 is 4.90 Å². The van der Waals surface area contributed by atoms with Crippen molar-refractivity contribution < 1.29 is 9.72 Å². The molecule has 20 heavy (non-hydrogen) atoms. The fourth-order valence-corrected chi connectivity index (χ4v) is 2.62. The number of aliphatic imine (C=N–C) groups is 1. The fraction of sp³-hybridized carbons (Fsp3) is 0.429. The summed E-state index contributed by atoms with van der Waals surface area (Å²) in [4.78, 5) is 28.7. The van der Waals surface area contributed by atoms with Crippen molar-refractivity contribution in [2.24, 2.45) is 10.9 Å². The van der Waals surface area contributed by atoms with Gasteiger partial charge in [0.1, 0.15) is 0 Å². The Morgan fingerprint density at radius 1 is 1.50 bits per heavy atom. The van der Waals surface area contributed by atoms with Gasteiger partial charge in [-0.15, -0.1) is 0 Å². The first-order chi connectivity index (χ1) is 9.40. The van der Waals surface area contributed by atoms with Crippen molar-refractivity contribution in [1.29, 1.82) is 0 Å². The number of hydrogen-bond donors (Lipinski definition) is 0. The van der Waals surface area contributed by atoms with Gasteiger partial charge in [-0.25, -0.2) is 0 Å². The molecular formula is C14H17N3O3. The van der Waals surface area contributed by atoms with E-state index < -0.39 is 10.5 Å². The third kappa shape index (κ3) is 2.17. The van der Waals surface area contributed by atoms with E-state index in [0.29, 0.717) is 12.0 Å². The summed E-state index contributed by atoms with van der Waals surface area (Å²) in [6.07, 6.45) is 2.12. The number of amides is 1. The molecule has 6 nitrogen and oxygen atoms in total. The van der Waals surface area contributed by atoms with Crippen molar-refractivity contribution in [2.75, 3.05) is 7.05 Å². The third-order valence-corrected chi connectivity index (χ3v) is 3.87. The number of nitro benzene ring substituents is 1. The number of rotatable bonds is 3. The predicted molar refractivity (Wildman–Crippen MR) is 75.5 cm³/mol. The van der Waals surface area contributed by atoms with Gasteiger partial charge in [0, 0.05) is 19.2 Å². The number of nitrogens with zero attached hydrogens (tertiary/aromatic N) is 3. The van der Waals surface area contributed by atoms with Crippen molar-refractivity contribution in [3.63, 3.8) is 0 Å². The molecule has 1 amide bonds. The monoisotopic (exact) mass is 275 g/mol. The molecule has 106 valence electrons. The summed E-state index contributed by atoms with van der Waals surface area (Å²) in [7, 11) is 1.67. The maximum atomic E-state index is 12.3. The smallest absolute Gasteiger partial charge is 0.269 e. The number of hydrogen-bond acceptors (Lipinski definition) is 4. The molecule has 0 radical (unpaired) electrons. The maximum Gasteiger partial charge on any atom is 0.269 e. The van der Waals surface area contributed by atoms with E-state index in [1.165, 1.54) is 23.4 Å². The lowest BCUT2D eigenvalue weighted by molar-refractivity contribution is -0.385. The lowest BCUT2D eigenvalue weighted by Gasteiger charge is -2.38. The summed E-state index contributed by atoms with van der Waals surface area (Å²) < 4.78 is 0. The molecule has 1 aliphatic heterocycles. The van der Waals surface area contributed by atoms with Crippen LogP contribution in [-0.2, 0) is 10.3 Å². The highest BCUT2D eigenvalue weighted by atomic mass is 16.6. The Hall–Kier alpha value is -2.24. The van der Waals surface area contributed by atoms with E-state index in [-0.39, 0.29) is 17.5 Å². The molecule has 2 atom stereocenters. The normalized spacial score (nSPS) is 25.9. The molecule has 0 saturated heterocycles. The Bertz CT molecular complexity index is 585. The van der Waals surface area contributed by atoms with Crippen LogP contribution >= 0.6 is 0 Å². The van der Waals surface area contributed by atoms with Gasteiger partial charge in [0.25, 0.3) is 5.69 Å². The molecule has 1 aliphatic rings. The summed E-state index contributed by atoms with van der Waals surface area (Å²) in [5.41, 5.74) is -0.0546. The van der Waals surface area contributed by atoms with Gasteiger partial charge in [0.15, 0.2) is 0 Å². The van der Waals surface area contributed by atoms with Crippen LogP contribution in [0.2, 0.25) is 0 Å². The van der Waals surface area contributed by atoms with E-state index in [4.69, 9.17) is 0 Å². The first-order valence-electron chi connectivity index (χ1n) is 6.47. The molecular weight excluding hydrogens is 258 g/mol. The molecule has 1 aromatic rings. The average Bonchev–Trinajstić information content (AvgIpc) is 2.44. The molecule has 0 spiro atoms. The second-order valence-corrected chi connectivity index (χ2v) is 5.11. The van der Waals surface area contributed by atoms with E-state index in [0.717, 1.165) is 0 Å². The van der Waals surface area contributed by atoms with Crippen LogP contribution in [0.5, 0.6) is 0 Å². The second kappa shape index (κ2) is 5.03. The van der Waals surface area contributed by atoms with Crippen molar-refractivity contribution in [2.45, 2.75) is 25.8 Å². The average molecular weight is 275 g/mol. The van der Waals surface area contributed by atoms with E-state index in [9.17, 15) is 14.9 Å². The van der Waals surface area contributed by atoms with Gasteiger partial charge in [-0.05, 0) is 18.9 Å². The molecule has 0 aliphatic carbocycles. The maximum absolute atomic E-state index is 12.3. The zero-order valence-electron chi connectivity index (χ0n) is 11.7. The Kier molecular flexibility index (Phi) is 3.57. The van der Waals surface area contributed by atoms with Crippen LogP contribution < -0.4 is 0 Å². The SMILES string of the molecule is CC[C@H]1C(=O)N(C)C=N[C@]1(C)c1cccc([N+](=O)[O-])c1. The molecule has 0 fully saturated rings. The van der Waals surface area contributed by atoms with Crippen LogP contribution in [0.3, 0.4) is 0 Å². The van der Waals surface area contributed by atoms with Gasteiger partial charge in [0.2, 0.25) is 5.91 Å². The summed E-state index contributed by atoms with van der Waals surface area (Å²) in [5.74, 6) is -0.337. The van der Waals surface area contributed by atoms with Crippen LogP contribution in [0.15, 0.2) is 29.3 Å². The Labute approximate surface area is 117 Å². The van der Waals surface area contributed by atoms with Crippen LogP contribution in [0.25, 0.3) is 0 Å². The lowest BCUT2D eigenvalue weighted by atomic mass is 9.77. The van der Waals surface area contributed by atoms with Gasteiger partial charge in [-0.1, -0.05) is 19.1 Å². The molecule has 0 saturated carbocycles. The van der Waals surface area contributed by atoms with Crippen LogP contribution in [0.4, 0.5) is 5.69 Å². The molecule has 1 heterocycles. The van der Waals surface area contributed by atoms with Gasteiger partial charge in [-0.3, -0.25) is 19.9 Å².